The van der Waals surface area contributed by atoms with Crippen LogP contribution in [-0.2, 0) is 0 Å². The summed E-state index contributed by atoms with van der Waals surface area (Å²) in [4.78, 5) is 0. The number of ether oxygens (including phenoxy) is 1. The molecule has 0 aliphatic heterocycles. The van der Waals surface area contributed by atoms with Crippen LogP contribution in [0.3, 0.4) is 0 Å². The average molecular weight is 227 g/mol. The molecule has 4 nitrogen and oxygen atoms in total. The molecule has 0 saturated heterocycles. The van der Waals surface area contributed by atoms with E-state index >= 15 is 0 Å². The highest BCUT2D eigenvalue weighted by atomic mass is 16.5. The van der Waals surface area contributed by atoms with Crippen molar-refractivity contribution >= 4 is 5.71 Å². The predicted molar refractivity (Wildman–Crippen MR) is 61.7 cm³/mol. The molecule has 0 aliphatic rings. The fourth-order valence-electron chi connectivity index (χ4n) is 1.68. The summed E-state index contributed by atoms with van der Waals surface area (Å²) < 4.78 is 12.4. The Balaban J connectivity index is 2.14. The maximum absolute atomic E-state index is 5.70. The van der Waals surface area contributed by atoms with Gasteiger partial charge in [0.15, 0.2) is 0 Å². The van der Waals surface area contributed by atoms with Gasteiger partial charge in [-0.3, -0.25) is 0 Å². The van der Waals surface area contributed by atoms with E-state index in [1.807, 2.05) is 42.6 Å². The molecule has 4 heteroatoms. The third-order valence-corrected chi connectivity index (χ3v) is 2.52. The van der Waals surface area contributed by atoms with Gasteiger partial charge < -0.3 is 9.15 Å². The minimum atomic E-state index is 0.558. The smallest absolute Gasteiger partial charge is 0.405 e. The molecular weight excluding hydrogens is 216 g/mol. The van der Waals surface area contributed by atoms with E-state index in [1.54, 1.807) is 17.7 Å². The molecule has 3 rings (SSSR count). The van der Waals surface area contributed by atoms with E-state index < -0.39 is 0 Å². The number of rotatable bonds is 2. The molecular formula is C13H11N2O2+. The van der Waals surface area contributed by atoms with Crippen LogP contribution in [0.2, 0.25) is 0 Å². The fraction of sp³-hybridized carbons (Fsp3) is 0.0769. The molecule has 0 saturated carbocycles. The quantitative estimate of drug-likeness (QED) is 0.629. The first kappa shape index (κ1) is 9.84. The molecule has 17 heavy (non-hydrogen) atoms. The van der Waals surface area contributed by atoms with Crippen LogP contribution in [0.15, 0.2) is 53.1 Å². The lowest BCUT2D eigenvalue weighted by Gasteiger charge is -1.89. The van der Waals surface area contributed by atoms with Gasteiger partial charge in [-0.25, -0.2) is 0 Å². The van der Waals surface area contributed by atoms with Crippen molar-refractivity contribution in [1.82, 2.24) is 5.10 Å². The standard InChI is InChI=1S/C13H11N2O2/c1-16-12-7-8-13-15(14-12)9-11(17-13)10-5-3-2-4-6-10/h2-9H,1H3/q+1. The molecule has 2 heterocycles. The summed E-state index contributed by atoms with van der Waals surface area (Å²) in [6.07, 6.45) is 1.84. The zero-order valence-electron chi connectivity index (χ0n) is 9.33. The summed E-state index contributed by atoms with van der Waals surface area (Å²) in [6.45, 7) is 0. The normalized spacial score (nSPS) is 10.6. The fourth-order valence-corrected chi connectivity index (χ4v) is 1.68. The zero-order valence-corrected chi connectivity index (χ0v) is 9.33. The van der Waals surface area contributed by atoms with Gasteiger partial charge in [0, 0.05) is 16.7 Å². The third kappa shape index (κ3) is 1.73. The molecule has 0 atom stereocenters. The van der Waals surface area contributed by atoms with Gasteiger partial charge in [-0.2, -0.15) is 0 Å². The molecule has 2 aromatic heterocycles. The summed E-state index contributed by atoms with van der Waals surface area (Å²) in [7, 11) is 1.59. The number of hydrogen-bond acceptors (Lipinski definition) is 3. The van der Waals surface area contributed by atoms with E-state index in [1.165, 1.54) is 0 Å². The highest BCUT2D eigenvalue weighted by Gasteiger charge is 2.15. The minimum Gasteiger partial charge on any atom is -0.477 e. The van der Waals surface area contributed by atoms with E-state index in [9.17, 15) is 0 Å². The molecule has 0 radical (unpaired) electrons. The number of hydrogen-bond donors (Lipinski definition) is 0. The van der Waals surface area contributed by atoms with Crippen molar-refractivity contribution < 1.29 is 13.7 Å². The maximum atomic E-state index is 5.70. The molecule has 1 aromatic carbocycles. The zero-order chi connectivity index (χ0) is 11.7. The van der Waals surface area contributed by atoms with Crippen molar-refractivity contribution in [2.75, 3.05) is 7.11 Å². The van der Waals surface area contributed by atoms with Crippen molar-refractivity contribution in [2.45, 2.75) is 0 Å². The maximum Gasteiger partial charge on any atom is 0.405 e. The van der Waals surface area contributed by atoms with Crippen molar-refractivity contribution in [2.24, 2.45) is 0 Å². The lowest BCUT2D eigenvalue weighted by atomic mass is 10.2. The average Bonchev–Trinajstić information content (AvgIpc) is 2.82. The summed E-state index contributed by atoms with van der Waals surface area (Å²) in [5.41, 5.74) is 1.71. The SMILES string of the molecule is COc1ccc2oc(-c3ccccc3)c[n+]2n1. The summed E-state index contributed by atoms with van der Waals surface area (Å²) in [6, 6.07) is 13.5. The highest BCUT2D eigenvalue weighted by molar-refractivity contribution is 5.56. The Morgan fingerprint density at radius 3 is 2.71 bits per heavy atom. The Morgan fingerprint density at radius 1 is 1.12 bits per heavy atom. The van der Waals surface area contributed by atoms with E-state index in [-0.39, 0.29) is 0 Å². The highest BCUT2D eigenvalue weighted by Crippen LogP contribution is 2.19. The second-order valence-corrected chi connectivity index (χ2v) is 3.62. The van der Waals surface area contributed by atoms with Crippen molar-refractivity contribution in [3.8, 4) is 17.2 Å². The molecule has 0 spiro atoms. The molecule has 3 aromatic rings. The lowest BCUT2D eigenvalue weighted by molar-refractivity contribution is -0.582. The molecule has 0 aliphatic carbocycles. The third-order valence-electron chi connectivity index (χ3n) is 2.52. The van der Waals surface area contributed by atoms with Gasteiger partial charge in [0.1, 0.15) is 0 Å². The van der Waals surface area contributed by atoms with E-state index in [2.05, 4.69) is 5.10 Å². The number of fused-ring (bicyclic) bond motifs is 1. The van der Waals surface area contributed by atoms with E-state index in [0.29, 0.717) is 11.6 Å². The van der Waals surface area contributed by atoms with Crippen molar-refractivity contribution in [3.05, 3.63) is 48.7 Å². The molecule has 0 bridgehead atoms. The van der Waals surface area contributed by atoms with Gasteiger partial charge >= 0.3 is 5.71 Å². The first-order valence-corrected chi connectivity index (χ1v) is 5.29. The lowest BCUT2D eigenvalue weighted by Crippen LogP contribution is -2.23. The predicted octanol–water partition coefficient (Wildman–Crippen LogP) is 2.09. The summed E-state index contributed by atoms with van der Waals surface area (Å²) >= 11 is 0. The number of aromatic nitrogens is 2. The van der Waals surface area contributed by atoms with Crippen LogP contribution in [0.1, 0.15) is 0 Å². The Morgan fingerprint density at radius 2 is 1.94 bits per heavy atom. The molecule has 84 valence electrons. The second-order valence-electron chi connectivity index (χ2n) is 3.62. The van der Waals surface area contributed by atoms with Crippen LogP contribution in [0.4, 0.5) is 0 Å². The number of benzene rings is 1. The first-order valence-electron chi connectivity index (χ1n) is 5.29. The van der Waals surface area contributed by atoms with Gasteiger partial charge in [0.05, 0.1) is 13.2 Å². The van der Waals surface area contributed by atoms with E-state index in [0.717, 1.165) is 11.3 Å². The summed E-state index contributed by atoms with van der Waals surface area (Å²) in [5.74, 6) is 1.34. The largest absolute Gasteiger partial charge is 0.477 e. The van der Waals surface area contributed by atoms with Gasteiger partial charge in [-0.15, -0.1) is 0 Å². The number of methoxy groups -OCH3 is 1. The first-order chi connectivity index (χ1) is 8.36. The van der Waals surface area contributed by atoms with Crippen molar-refractivity contribution in [3.63, 3.8) is 0 Å². The van der Waals surface area contributed by atoms with Crippen LogP contribution >= 0.6 is 0 Å². The van der Waals surface area contributed by atoms with Gasteiger partial charge in [0.2, 0.25) is 12.0 Å². The Labute approximate surface area is 98.1 Å². The van der Waals surface area contributed by atoms with Crippen molar-refractivity contribution in [1.29, 1.82) is 0 Å². The Kier molecular flexibility index (Phi) is 2.26. The van der Waals surface area contributed by atoms with Crippen LogP contribution < -0.4 is 9.25 Å². The summed E-state index contributed by atoms with van der Waals surface area (Å²) in [5, 5.41) is 4.24. The van der Waals surface area contributed by atoms with Crippen LogP contribution in [0.5, 0.6) is 5.88 Å². The second kappa shape index (κ2) is 3.90. The van der Waals surface area contributed by atoms with Gasteiger partial charge in [-0.05, 0) is 4.52 Å². The van der Waals surface area contributed by atoms with Gasteiger partial charge in [0.25, 0.3) is 5.88 Å². The van der Waals surface area contributed by atoms with Crippen LogP contribution in [-0.4, -0.2) is 12.2 Å². The Bertz CT molecular complexity index is 647. The number of nitrogens with zero attached hydrogens (tertiary/aromatic N) is 2. The van der Waals surface area contributed by atoms with Crippen LogP contribution in [0.25, 0.3) is 17.0 Å². The van der Waals surface area contributed by atoms with Crippen LogP contribution in [0, 0.1) is 0 Å². The van der Waals surface area contributed by atoms with E-state index in [4.69, 9.17) is 9.15 Å². The molecule has 0 amide bonds. The number of oxazole rings is 1. The Hall–Kier alpha value is -2.36. The minimum absolute atomic E-state index is 0.558. The molecule has 0 unspecified atom stereocenters. The molecule has 0 N–H and O–H groups in total. The van der Waals surface area contributed by atoms with Gasteiger partial charge in [-0.1, -0.05) is 30.3 Å². The molecule has 0 fully saturated rings. The monoisotopic (exact) mass is 227 g/mol. The topological polar surface area (TPSA) is 39.4 Å².